The van der Waals surface area contributed by atoms with Crippen LogP contribution in [0.4, 0.5) is 0 Å². The monoisotopic (exact) mass is 377 g/mol. The molecule has 1 amide bonds. The molecule has 0 bridgehead atoms. The predicted molar refractivity (Wildman–Crippen MR) is 103 cm³/mol. The minimum atomic E-state index is -0.876. The number of carboxylic acid groups (broad SMARTS) is 1. The fourth-order valence-corrected chi connectivity index (χ4v) is 3.53. The lowest BCUT2D eigenvalue weighted by molar-refractivity contribution is -0.148. The highest BCUT2D eigenvalue weighted by atomic mass is 16.5. The van der Waals surface area contributed by atoms with E-state index in [9.17, 15) is 14.7 Å². The van der Waals surface area contributed by atoms with Crippen LogP contribution in [-0.4, -0.2) is 30.7 Å². The lowest BCUT2D eigenvalue weighted by Crippen LogP contribution is -2.39. The first-order valence-electron chi connectivity index (χ1n) is 9.87. The number of rotatable bonds is 10. The van der Waals surface area contributed by atoms with E-state index in [0.29, 0.717) is 37.5 Å². The number of ether oxygens (including phenoxy) is 2. The third-order valence-corrected chi connectivity index (χ3v) is 5.15. The molecular weight excluding hydrogens is 346 g/mol. The molecule has 0 aliphatic heterocycles. The fourth-order valence-electron chi connectivity index (χ4n) is 3.53. The Morgan fingerprint density at radius 3 is 2.59 bits per heavy atom. The number of amides is 1. The Hall–Kier alpha value is -2.24. The average molecular weight is 377 g/mol. The second kappa shape index (κ2) is 10.8. The molecule has 0 aromatic heterocycles. The molecule has 6 nitrogen and oxygen atoms in total. The van der Waals surface area contributed by atoms with Crippen molar-refractivity contribution in [2.24, 2.45) is 11.8 Å². The summed E-state index contributed by atoms with van der Waals surface area (Å²) in [6.07, 6.45) is 6.17. The first-order valence-corrected chi connectivity index (χ1v) is 9.87. The number of unbranched alkanes of at least 4 members (excludes halogenated alkanes) is 2. The van der Waals surface area contributed by atoms with Gasteiger partial charge < -0.3 is 19.9 Å². The van der Waals surface area contributed by atoms with Crippen molar-refractivity contribution in [2.45, 2.75) is 58.4 Å². The average Bonchev–Trinajstić information content (AvgIpc) is 2.69. The van der Waals surface area contributed by atoms with Gasteiger partial charge in [-0.05, 0) is 31.4 Å². The lowest BCUT2D eigenvalue weighted by Gasteiger charge is -2.27. The Bertz CT molecular complexity index is 631. The summed E-state index contributed by atoms with van der Waals surface area (Å²) in [4.78, 5) is 24.0. The van der Waals surface area contributed by atoms with E-state index in [4.69, 9.17) is 9.47 Å². The SMILES string of the molecule is CCCCCOc1cc(OC)ccc1CNC(=O)C1CCCCC1C(=O)O. The van der Waals surface area contributed by atoms with Crippen LogP contribution in [-0.2, 0) is 16.1 Å². The number of nitrogens with one attached hydrogen (secondary N) is 1. The number of benzene rings is 1. The Morgan fingerprint density at radius 2 is 1.93 bits per heavy atom. The van der Waals surface area contributed by atoms with Crippen LogP contribution in [0.15, 0.2) is 18.2 Å². The molecule has 1 fully saturated rings. The van der Waals surface area contributed by atoms with Crippen molar-refractivity contribution in [1.29, 1.82) is 0 Å². The van der Waals surface area contributed by atoms with Gasteiger partial charge in [-0.25, -0.2) is 0 Å². The smallest absolute Gasteiger partial charge is 0.307 e. The van der Waals surface area contributed by atoms with E-state index in [-0.39, 0.29) is 5.91 Å². The fraction of sp³-hybridized carbons (Fsp3) is 0.619. The van der Waals surface area contributed by atoms with Gasteiger partial charge in [0.1, 0.15) is 11.5 Å². The number of carboxylic acids is 1. The molecule has 6 heteroatoms. The Balaban J connectivity index is 2.00. The zero-order valence-electron chi connectivity index (χ0n) is 16.3. The van der Waals surface area contributed by atoms with Crippen LogP contribution in [0.1, 0.15) is 57.4 Å². The van der Waals surface area contributed by atoms with Gasteiger partial charge in [-0.2, -0.15) is 0 Å². The summed E-state index contributed by atoms with van der Waals surface area (Å²) in [5, 5.41) is 12.3. The maximum atomic E-state index is 12.6. The molecule has 2 rings (SSSR count). The van der Waals surface area contributed by atoms with Crippen molar-refractivity contribution in [3.8, 4) is 11.5 Å². The molecule has 0 heterocycles. The molecule has 2 unspecified atom stereocenters. The molecule has 1 aromatic rings. The molecule has 0 radical (unpaired) electrons. The van der Waals surface area contributed by atoms with E-state index >= 15 is 0 Å². The van der Waals surface area contributed by atoms with Gasteiger partial charge in [0.25, 0.3) is 0 Å². The van der Waals surface area contributed by atoms with Gasteiger partial charge in [-0.3, -0.25) is 9.59 Å². The van der Waals surface area contributed by atoms with Crippen LogP contribution in [0.2, 0.25) is 0 Å². The topological polar surface area (TPSA) is 84.9 Å². The Morgan fingerprint density at radius 1 is 1.19 bits per heavy atom. The number of methoxy groups -OCH3 is 1. The molecule has 2 atom stereocenters. The van der Waals surface area contributed by atoms with E-state index in [0.717, 1.165) is 37.7 Å². The molecule has 1 aromatic carbocycles. The van der Waals surface area contributed by atoms with Crippen molar-refractivity contribution in [1.82, 2.24) is 5.32 Å². The van der Waals surface area contributed by atoms with Crippen LogP contribution < -0.4 is 14.8 Å². The maximum absolute atomic E-state index is 12.6. The van der Waals surface area contributed by atoms with Crippen LogP contribution in [0.5, 0.6) is 11.5 Å². The van der Waals surface area contributed by atoms with E-state index in [2.05, 4.69) is 12.2 Å². The molecule has 0 saturated heterocycles. The lowest BCUT2D eigenvalue weighted by atomic mass is 9.78. The van der Waals surface area contributed by atoms with E-state index in [1.54, 1.807) is 7.11 Å². The molecule has 1 saturated carbocycles. The van der Waals surface area contributed by atoms with E-state index < -0.39 is 17.8 Å². The number of carbonyl (C=O) groups excluding carboxylic acids is 1. The van der Waals surface area contributed by atoms with Crippen molar-refractivity contribution in [3.63, 3.8) is 0 Å². The summed E-state index contributed by atoms with van der Waals surface area (Å²) in [5.41, 5.74) is 0.864. The highest BCUT2D eigenvalue weighted by molar-refractivity contribution is 5.84. The van der Waals surface area contributed by atoms with Crippen molar-refractivity contribution in [2.75, 3.05) is 13.7 Å². The predicted octanol–water partition coefficient (Wildman–Crippen LogP) is 3.77. The van der Waals surface area contributed by atoms with Gasteiger partial charge in [-0.15, -0.1) is 0 Å². The summed E-state index contributed by atoms with van der Waals surface area (Å²) in [6, 6.07) is 5.54. The summed E-state index contributed by atoms with van der Waals surface area (Å²) in [5.74, 6) is -0.699. The molecule has 27 heavy (non-hydrogen) atoms. The largest absolute Gasteiger partial charge is 0.497 e. The maximum Gasteiger partial charge on any atom is 0.307 e. The number of hydrogen-bond acceptors (Lipinski definition) is 4. The minimum absolute atomic E-state index is 0.185. The molecule has 150 valence electrons. The standard InChI is InChI=1S/C21H31NO5/c1-3-4-7-12-27-19-13-16(26-2)11-10-15(19)14-22-20(23)17-8-5-6-9-18(17)21(24)25/h10-11,13,17-18H,3-9,12,14H2,1-2H3,(H,22,23)(H,24,25). The summed E-state index contributed by atoms with van der Waals surface area (Å²) in [6.45, 7) is 3.07. The number of aliphatic carboxylic acids is 1. The third-order valence-electron chi connectivity index (χ3n) is 5.15. The summed E-state index contributed by atoms with van der Waals surface area (Å²) in [7, 11) is 1.60. The molecule has 1 aliphatic carbocycles. The second-order valence-corrected chi connectivity index (χ2v) is 7.08. The van der Waals surface area contributed by atoms with Gasteiger partial charge in [0.05, 0.1) is 25.6 Å². The molecule has 1 aliphatic rings. The number of carbonyl (C=O) groups is 2. The van der Waals surface area contributed by atoms with Gasteiger partial charge >= 0.3 is 5.97 Å². The van der Waals surface area contributed by atoms with Crippen LogP contribution in [0.3, 0.4) is 0 Å². The molecular formula is C21H31NO5. The highest BCUT2D eigenvalue weighted by Gasteiger charge is 2.35. The van der Waals surface area contributed by atoms with E-state index in [1.807, 2.05) is 18.2 Å². The summed E-state index contributed by atoms with van der Waals surface area (Å²) < 4.78 is 11.2. The van der Waals surface area contributed by atoms with E-state index in [1.165, 1.54) is 0 Å². The Kier molecular flexibility index (Phi) is 8.43. The minimum Gasteiger partial charge on any atom is -0.497 e. The summed E-state index contributed by atoms with van der Waals surface area (Å²) >= 11 is 0. The third kappa shape index (κ3) is 6.15. The molecule has 2 N–H and O–H groups in total. The zero-order chi connectivity index (χ0) is 19.6. The van der Waals surface area contributed by atoms with Crippen molar-refractivity contribution in [3.05, 3.63) is 23.8 Å². The Labute approximate surface area is 161 Å². The highest BCUT2D eigenvalue weighted by Crippen LogP contribution is 2.31. The molecule has 0 spiro atoms. The van der Waals surface area contributed by atoms with Crippen molar-refractivity contribution < 1.29 is 24.2 Å². The first-order chi connectivity index (χ1) is 13.1. The van der Waals surface area contributed by atoms with Crippen LogP contribution in [0.25, 0.3) is 0 Å². The van der Waals surface area contributed by atoms with Gasteiger partial charge in [0, 0.05) is 18.2 Å². The van der Waals surface area contributed by atoms with Crippen LogP contribution >= 0.6 is 0 Å². The van der Waals surface area contributed by atoms with Crippen LogP contribution in [0, 0.1) is 11.8 Å². The first kappa shape index (κ1) is 21.1. The number of hydrogen-bond donors (Lipinski definition) is 2. The second-order valence-electron chi connectivity index (χ2n) is 7.08. The quantitative estimate of drug-likeness (QED) is 0.606. The van der Waals surface area contributed by atoms with Gasteiger partial charge in [-0.1, -0.05) is 32.6 Å². The van der Waals surface area contributed by atoms with Crippen molar-refractivity contribution >= 4 is 11.9 Å². The van der Waals surface area contributed by atoms with Gasteiger partial charge in [0.15, 0.2) is 0 Å². The normalized spacial score (nSPS) is 19.3. The zero-order valence-corrected chi connectivity index (χ0v) is 16.3. The van der Waals surface area contributed by atoms with Gasteiger partial charge in [0.2, 0.25) is 5.91 Å².